The maximum absolute atomic E-state index is 12.1. The third-order valence-electron chi connectivity index (χ3n) is 5.02. The van der Waals surface area contributed by atoms with E-state index in [0.717, 1.165) is 6.42 Å². The zero-order chi connectivity index (χ0) is 15.7. The van der Waals surface area contributed by atoms with Gasteiger partial charge in [0.15, 0.2) is 8.32 Å². The van der Waals surface area contributed by atoms with Gasteiger partial charge in [-0.2, -0.15) is 0 Å². The Bertz CT molecular complexity index is 488. The van der Waals surface area contributed by atoms with Crippen LogP contribution in [0.15, 0.2) is 30.3 Å². The highest BCUT2D eigenvalue weighted by atomic mass is 28.4. The molecule has 0 bridgehead atoms. The second kappa shape index (κ2) is 6.05. The lowest BCUT2D eigenvalue weighted by Gasteiger charge is -2.41. The third kappa shape index (κ3) is 4.04. The van der Waals surface area contributed by atoms with Crippen LogP contribution in [0.25, 0.3) is 0 Å². The van der Waals surface area contributed by atoms with Crippen molar-refractivity contribution >= 4 is 14.1 Å². The van der Waals surface area contributed by atoms with Gasteiger partial charge in [-0.1, -0.05) is 51.1 Å². The van der Waals surface area contributed by atoms with Crippen molar-refractivity contribution < 1.29 is 9.22 Å². The Morgan fingerprint density at radius 3 is 2.29 bits per heavy atom. The van der Waals surface area contributed by atoms with Crippen molar-refractivity contribution in [3.05, 3.63) is 35.9 Å². The van der Waals surface area contributed by atoms with Crippen molar-refractivity contribution in [3.63, 3.8) is 0 Å². The summed E-state index contributed by atoms with van der Waals surface area (Å²) in [6.07, 6.45) is 2.33. The highest BCUT2D eigenvalue weighted by molar-refractivity contribution is 6.74. The zero-order valence-electron chi connectivity index (χ0n) is 14.0. The lowest BCUT2D eigenvalue weighted by atomic mass is 9.82. The van der Waals surface area contributed by atoms with Gasteiger partial charge >= 0.3 is 0 Å². The van der Waals surface area contributed by atoms with Crippen molar-refractivity contribution in [1.29, 1.82) is 0 Å². The van der Waals surface area contributed by atoms with Gasteiger partial charge in [0.05, 0.1) is 6.10 Å². The first-order valence-electron chi connectivity index (χ1n) is 7.93. The molecule has 0 amide bonds. The number of carbonyl (C=O) groups is 1. The minimum atomic E-state index is -1.80. The average Bonchev–Trinajstić information content (AvgIpc) is 2.37. The minimum absolute atomic E-state index is 0.0948. The summed E-state index contributed by atoms with van der Waals surface area (Å²) in [5.41, 5.74) is 1.27. The minimum Gasteiger partial charge on any atom is -0.413 e. The van der Waals surface area contributed by atoms with Crippen LogP contribution in [0.2, 0.25) is 18.1 Å². The molecule has 1 aliphatic carbocycles. The number of hydrogen-bond acceptors (Lipinski definition) is 2. The number of ketones is 1. The van der Waals surface area contributed by atoms with E-state index in [1.807, 2.05) is 6.07 Å². The van der Waals surface area contributed by atoms with Gasteiger partial charge in [0.1, 0.15) is 5.78 Å². The van der Waals surface area contributed by atoms with Crippen LogP contribution in [0.4, 0.5) is 0 Å². The quantitative estimate of drug-likeness (QED) is 0.741. The first-order chi connectivity index (χ1) is 9.69. The molecule has 0 aromatic heterocycles. The molecule has 0 aliphatic heterocycles. The van der Waals surface area contributed by atoms with E-state index in [4.69, 9.17) is 4.43 Å². The monoisotopic (exact) mass is 304 g/mol. The fourth-order valence-corrected chi connectivity index (χ4v) is 4.12. The summed E-state index contributed by atoms with van der Waals surface area (Å²) in [6, 6.07) is 10.4. The maximum Gasteiger partial charge on any atom is 0.192 e. The van der Waals surface area contributed by atoms with Crippen LogP contribution in [-0.2, 0) is 9.22 Å². The predicted octanol–water partition coefficient (Wildman–Crippen LogP) is 4.91. The Morgan fingerprint density at radius 1 is 1.10 bits per heavy atom. The number of rotatable bonds is 3. The third-order valence-corrected chi connectivity index (χ3v) is 9.55. The summed E-state index contributed by atoms with van der Waals surface area (Å²) < 4.78 is 6.48. The molecular formula is C18H28O2Si. The molecule has 2 rings (SSSR count). The molecule has 1 aromatic carbocycles. The van der Waals surface area contributed by atoms with Crippen LogP contribution >= 0.6 is 0 Å². The van der Waals surface area contributed by atoms with Gasteiger partial charge in [-0.05, 0) is 36.0 Å². The normalized spacial score (nSPS) is 24.1. The molecule has 1 aromatic rings. The summed E-state index contributed by atoms with van der Waals surface area (Å²) in [7, 11) is -1.80. The molecule has 0 radical (unpaired) electrons. The predicted molar refractivity (Wildman–Crippen MR) is 90.1 cm³/mol. The summed E-state index contributed by atoms with van der Waals surface area (Å²) in [5.74, 6) is 0.668. The molecule has 0 spiro atoms. The molecule has 0 saturated heterocycles. The van der Waals surface area contributed by atoms with Gasteiger partial charge in [-0.3, -0.25) is 4.79 Å². The zero-order valence-corrected chi connectivity index (χ0v) is 15.0. The van der Waals surface area contributed by atoms with Gasteiger partial charge < -0.3 is 4.43 Å². The Balaban J connectivity index is 2.10. The van der Waals surface area contributed by atoms with Crippen molar-refractivity contribution in [2.75, 3.05) is 0 Å². The number of benzene rings is 1. The first kappa shape index (κ1) is 16.4. The summed E-state index contributed by atoms with van der Waals surface area (Å²) in [5, 5.41) is 0.190. The molecule has 1 fully saturated rings. The van der Waals surface area contributed by atoms with E-state index in [1.54, 1.807) is 0 Å². The Kier molecular flexibility index (Phi) is 4.74. The lowest BCUT2D eigenvalue weighted by Crippen LogP contribution is -2.45. The van der Waals surface area contributed by atoms with E-state index in [9.17, 15) is 4.79 Å². The topological polar surface area (TPSA) is 26.3 Å². The second-order valence-corrected chi connectivity index (χ2v) is 12.5. The van der Waals surface area contributed by atoms with Gasteiger partial charge in [0, 0.05) is 12.8 Å². The maximum atomic E-state index is 12.1. The van der Waals surface area contributed by atoms with Gasteiger partial charge in [-0.25, -0.2) is 0 Å². The van der Waals surface area contributed by atoms with E-state index >= 15 is 0 Å². The standard InChI is InChI=1S/C18H28O2Si/c1-18(2,3)21(4,5)20-17-12-15(11-16(19)13-17)14-9-7-6-8-10-14/h6-10,15,17H,11-13H2,1-5H3/t15-,17-/m0/s1. The van der Waals surface area contributed by atoms with E-state index in [-0.39, 0.29) is 11.1 Å². The average molecular weight is 305 g/mol. The molecule has 116 valence electrons. The molecular weight excluding hydrogens is 276 g/mol. The smallest absolute Gasteiger partial charge is 0.192 e. The van der Waals surface area contributed by atoms with Crippen molar-refractivity contribution in [2.24, 2.45) is 0 Å². The lowest BCUT2D eigenvalue weighted by molar-refractivity contribution is -0.123. The van der Waals surface area contributed by atoms with E-state index in [0.29, 0.717) is 24.5 Å². The number of Topliss-reactive ketones (excluding diaryl/α,β-unsaturated/α-hetero) is 1. The van der Waals surface area contributed by atoms with Crippen LogP contribution < -0.4 is 0 Å². The highest BCUT2D eigenvalue weighted by Gasteiger charge is 2.41. The van der Waals surface area contributed by atoms with Gasteiger partial charge in [0.2, 0.25) is 0 Å². The summed E-state index contributed by atoms with van der Waals surface area (Å²) in [6.45, 7) is 11.3. The molecule has 0 heterocycles. The first-order valence-corrected chi connectivity index (χ1v) is 10.8. The largest absolute Gasteiger partial charge is 0.413 e. The van der Waals surface area contributed by atoms with Crippen molar-refractivity contribution in [3.8, 4) is 0 Å². The van der Waals surface area contributed by atoms with Crippen molar-refractivity contribution in [2.45, 2.75) is 70.2 Å². The highest BCUT2D eigenvalue weighted by Crippen LogP contribution is 2.40. The van der Waals surface area contributed by atoms with Crippen molar-refractivity contribution in [1.82, 2.24) is 0 Å². The second-order valence-electron chi connectivity index (χ2n) is 7.79. The van der Waals surface area contributed by atoms with Gasteiger partial charge in [0.25, 0.3) is 0 Å². The summed E-state index contributed by atoms with van der Waals surface area (Å²) >= 11 is 0. The summed E-state index contributed by atoms with van der Waals surface area (Å²) in [4.78, 5) is 12.1. The molecule has 1 saturated carbocycles. The Labute approximate surface area is 130 Å². The van der Waals surface area contributed by atoms with Crippen LogP contribution in [0, 0.1) is 0 Å². The molecule has 21 heavy (non-hydrogen) atoms. The fourth-order valence-electron chi connectivity index (χ4n) is 2.76. The molecule has 2 nitrogen and oxygen atoms in total. The molecule has 1 aliphatic rings. The number of carbonyl (C=O) groups excluding carboxylic acids is 1. The Hall–Kier alpha value is -0.933. The van der Waals surface area contributed by atoms with Crippen LogP contribution in [-0.4, -0.2) is 20.2 Å². The van der Waals surface area contributed by atoms with E-state index in [1.165, 1.54) is 5.56 Å². The van der Waals surface area contributed by atoms with Crippen LogP contribution in [0.5, 0.6) is 0 Å². The molecule has 3 heteroatoms. The van der Waals surface area contributed by atoms with E-state index in [2.05, 4.69) is 58.1 Å². The molecule has 2 atom stereocenters. The Morgan fingerprint density at radius 2 is 1.71 bits per heavy atom. The van der Waals surface area contributed by atoms with Crippen LogP contribution in [0.1, 0.15) is 51.5 Å². The molecule has 0 unspecified atom stereocenters. The molecule has 0 N–H and O–H groups in total. The number of hydrogen-bond donors (Lipinski definition) is 0. The SMILES string of the molecule is CC(C)(C)[Si](C)(C)O[C@@H]1CC(=O)C[C@H](c2ccccc2)C1. The fraction of sp³-hybridized carbons (Fsp3) is 0.611. The van der Waals surface area contributed by atoms with E-state index < -0.39 is 8.32 Å². The van der Waals surface area contributed by atoms with Crippen LogP contribution in [0.3, 0.4) is 0 Å². The van der Waals surface area contributed by atoms with Gasteiger partial charge in [-0.15, -0.1) is 0 Å².